The fraction of sp³-hybridized carbons (Fsp3) is 0.462. The summed E-state index contributed by atoms with van der Waals surface area (Å²) in [5.41, 5.74) is 3.29. The Morgan fingerprint density at radius 2 is 1.97 bits per heavy atom. The van der Waals surface area contributed by atoms with Gasteiger partial charge in [0.1, 0.15) is 22.3 Å². The number of allylic oxidation sites excluding steroid dienone is 1. The predicted molar refractivity (Wildman–Crippen MR) is 132 cm³/mol. The molecule has 4 heterocycles. The lowest BCUT2D eigenvalue weighted by molar-refractivity contribution is -0.134. The lowest BCUT2D eigenvalue weighted by Gasteiger charge is -2.29. The quantitative estimate of drug-likeness (QED) is 0.449. The zero-order chi connectivity index (χ0) is 25.0. The lowest BCUT2D eigenvalue weighted by Crippen LogP contribution is -2.28. The number of aliphatic imine (C=N–C) groups is 1. The van der Waals surface area contributed by atoms with Crippen molar-refractivity contribution in [3.05, 3.63) is 63.1 Å². The molecule has 0 amide bonds. The number of carbonyl (C=O) groups excluding carboxylic acids is 1. The molecule has 0 aliphatic carbocycles. The van der Waals surface area contributed by atoms with Crippen molar-refractivity contribution >= 4 is 28.9 Å². The summed E-state index contributed by atoms with van der Waals surface area (Å²) in [6.07, 6.45) is 7.06. The average molecular weight is 503 g/mol. The first kappa shape index (κ1) is 25.3. The van der Waals surface area contributed by atoms with E-state index in [0.717, 1.165) is 59.6 Å². The summed E-state index contributed by atoms with van der Waals surface area (Å²) >= 11 is 0.782. The van der Waals surface area contributed by atoms with E-state index < -0.39 is 11.1 Å². The minimum atomic E-state index is -4.30. The van der Waals surface area contributed by atoms with E-state index in [1.165, 1.54) is 11.6 Å². The van der Waals surface area contributed by atoms with Crippen LogP contribution in [0.3, 0.4) is 0 Å². The predicted octanol–water partition coefficient (Wildman–Crippen LogP) is 6.26. The molecule has 0 aromatic carbocycles. The number of thiophene rings is 1. The molecule has 35 heavy (non-hydrogen) atoms. The minimum Gasteiger partial charge on any atom is -0.353 e. The van der Waals surface area contributed by atoms with Gasteiger partial charge in [-0.2, -0.15) is 13.2 Å². The Morgan fingerprint density at radius 1 is 1.20 bits per heavy atom. The first-order valence-electron chi connectivity index (χ1n) is 11.9. The number of carbonyl (C=O) groups is 1. The molecule has 9 heteroatoms. The van der Waals surface area contributed by atoms with Gasteiger partial charge in [0.15, 0.2) is 0 Å². The largest absolute Gasteiger partial charge is 0.425 e. The first-order valence-corrected chi connectivity index (χ1v) is 12.7. The number of ketones is 1. The monoisotopic (exact) mass is 502 g/mol. The number of halogens is 3. The second-order valence-electron chi connectivity index (χ2n) is 8.91. The number of hydrogen-bond donors (Lipinski definition) is 0. The molecular formula is C26H29F3N4OS. The van der Waals surface area contributed by atoms with Crippen molar-refractivity contribution in [2.24, 2.45) is 10.9 Å². The standard InChI is InChI=1S/C26H29F3N4OS/c1-3-18-13-23(34)20(5-4-6-22-7-8-24(35-22)26(27,28)29)14-32-25(18)33-11-9-19(10-12-33)21-15-30-17(2)31-16-21/h7-9,14-16,20H,3-6,10-13H2,1-2H3. The van der Waals surface area contributed by atoms with Crippen molar-refractivity contribution in [3.63, 3.8) is 0 Å². The fourth-order valence-electron chi connectivity index (χ4n) is 4.42. The van der Waals surface area contributed by atoms with Gasteiger partial charge in [-0.15, -0.1) is 11.3 Å². The molecule has 2 aromatic heterocycles. The maximum absolute atomic E-state index is 12.9. The molecule has 1 atom stereocenters. The van der Waals surface area contributed by atoms with Gasteiger partial charge < -0.3 is 4.90 Å². The summed E-state index contributed by atoms with van der Waals surface area (Å²) in [5.74, 6) is 1.45. The molecule has 5 nitrogen and oxygen atoms in total. The Bertz CT molecular complexity index is 1150. The molecule has 2 aliphatic heterocycles. The number of aromatic nitrogens is 2. The Hall–Kier alpha value is -2.81. The minimum absolute atomic E-state index is 0.132. The van der Waals surface area contributed by atoms with Gasteiger partial charge in [-0.3, -0.25) is 4.79 Å². The summed E-state index contributed by atoms with van der Waals surface area (Å²) in [6, 6.07) is 2.67. The van der Waals surface area contributed by atoms with Gasteiger partial charge >= 0.3 is 6.18 Å². The second kappa shape index (κ2) is 10.8. The molecule has 1 unspecified atom stereocenters. The Labute approximate surface area is 207 Å². The van der Waals surface area contributed by atoms with Gasteiger partial charge in [-0.1, -0.05) is 13.0 Å². The van der Waals surface area contributed by atoms with Crippen LogP contribution in [0.5, 0.6) is 0 Å². The smallest absolute Gasteiger partial charge is 0.353 e. The van der Waals surface area contributed by atoms with Crippen molar-refractivity contribution < 1.29 is 18.0 Å². The van der Waals surface area contributed by atoms with E-state index >= 15 is 0 Å². The van der Waals surface area contributed by atoms with E-state index in [-0.39, 0.29) is 11.7 Å². The molecule has 0 saturated carbocycles. The van der Waals surface area contributed by atoms with Crippen LogP contribution in [-0.4, -0.2) is 40.0 Å². The Morgan fingerprint density at radius 3 is 2.60 bits per heavy atom. The van der Waals surface area contributed by atoms with Gasteiger partial charge in [-0.25, -0.2) is 15.0 Å². The van der Waals surface area contributed by atoms with Gasteiger partial charge in [0.05, 0.1) is 5.92 Å². The second-order valence-corrected chi connectivity index (χ2v) is 10.1. The molecule has 0 fully saturated rings. The number of Topliss-reactive ketones (excluding diaryl/α,β-unsaturated/α-hetero) is 1. The fourth-order valence-corrected chi connectivity index (χ4v) is 5.34. The van der Waals surface area contributed by atoms with Gasteiger partial charge in [-0.05, 0) is 62.3 Å². The zero-order valence-electron chi connectivity index (χ0n) is 19.9. The van der Waals surface area contributed by atoms with Crippen LogP contribution >= 0.6 is 11.3 Å². The van der Waals surface area contributed by atoms with Gasteiger partial charge in [0.2, 0.25) is 0 Å². The molecule has 2 aromatic rings. The maximum Gasteiger partial charge on any atom is 0.425 e. The van der Waals surface area contributed by atoms with E-state index in [1.807, 2.05) is 26.2 Å². The van der Waals surface area contributed by atoms with Crippen LogP contribution in [0.2, 0.25) is 0 Å². The summed E-state index contributed by atoms with van der Waals surface area (Å²) in [6.45, 7) is 5.42. The number of nitrogens with zero attached hydrogens (tertiary/aromatic N) is 4. The molecular weight excluding hydrogens is 473 g/mol. The number of alkyl halides is 3. The lowest BCUT2D eigenvalue weighted by atomic mass is 9.93. The van der Waals surface area contributed by atoms with Crippen LogP contribution in [0.25, 0.3) is 5.57 Å². The van der Waals surface area contributed by atoms with Crippen molar-refractivity contribution in [3.8, 4) is 0 Å². The molecule has 0 saturated heterocycles. The normalized spacial score (nSPS) is 19.2. The highest BCUT2D eigenvalue weighted by atomic mass is 32.1. The number of rotatable bonds is 7. The van der Waals surface area contributed by atoms with Crippen molar-refractivity contribution in [1.29, 1.82) is 0 Å². The highest BCUT2D eigenvalue weighted by molar-refractivity contribution is 7.12. The van der Waals surface area contributed by atoms with E-state index in [9.17, 15) is 18.0 Å². The highest BCUT2D eigenvalue weighted by Crippen LogP contribution is 2.35. The summed E-state index contributed by atoms with van der Waals surface area (Å²) in [4.78, 5) is 28.6. The molecule has 0 bridgehead atoms. The number of hydrogen-bond acceptors (Lipinski definition) is 6. The first-order chi connectivity index (χ1) is 16.7. The van der Waals surface area contributed by atoms with Crippen molar-refractivity contribution in [1.82, 2.24) is 14.9 Å². The highest BCUT2D eigenvalue weighted by Gasteiger charge is 2.32. The SMILES string of the molecule is CCC1=C(N2CC=C(c3cnc(C)nc3)CC2)N=CC(CCCc2ccc(C(F)(F)F)s2)C(=O)C1. The Kier molecular flexibility index (Phi) is 7.84. The molecule has 0 N–H and O–H groups in total. The third-order valence-corrected chi connectivity index (χ3v) is 7.65. The van der Waals surface area contributed by atoms with Gasteiger partial charge in [0.25, 0.3) is 0 Å². The summed E-state index contributed by atoms with van der Waals surface area (Å²) < 4.78 is 38.5. The van der Waals surface area contributed by atoms with Crippen LogP contribution in [0.4, 0.5) is 13.2 Å². The van der Waals surface area contributed by atoms with Crippen LogP contribution in [-0.2, 0) is 17.4 Å². The Balaban J connectivity index is 1.38. The third-order valence-electron chi connectivity index (χ3n) is 6.46. The van der Waals surface area contributed by atoms with Crippen molar-refractivity contribution in [2.75, 3.05) is 13.1 Å². The van der Waals surface area contributed by atoms with Crippen LogP contribution in [0.15, 0.2) is 47.0 Å². The van der Waals surface area contributed by atoms with Crippen LogP contribution in [0.1, 0.15) is 60.2 Å². The van der Waals surface area contributed by atoms with Gasteiger partial charge in [0, 0.05) is 48.6 Å². The summed E-state index contributed by atoms with van der Waals surface area (Å²) in [5, 5.41) is 0. The zero-order valence-corrected chi connectivity index (χ0v) is 20.8. The molecule has 2 aliphatic rings. The topological polar surface area (TPSA) is 58.5 Å². The molecule has 0 spiro atoms. The molecule has 4 rings (SSSR count). The molecule has 0 radical (unpaired) electrons. The van der Waals surface area contributed by atoms with Crippen molar-refractivity contribution in [2.45, 2.75) is 58.5 Å². The maximum atomic E-state index is 12.9. The molecule has 186 valence electrons. The van der Waals surface area contributed by atoms with E-state index in [0.29, 0.717) is 37.1 Å². The van der Waals surface area contributed by atoms with E-state index in [2.05, 4.69) is 20.9 Å². The van der Waals surface area contributed by atoms with Crippen LogP contribution < -0.4 is 0 Å². The van der Waals surface area contributed by atoms with E-state index in [1.54, 1.807) is 6.21 Å². The average Bonchev–Trinajstić information content (AvgIpc) is 3.26. The third kappa shape index (κ3) is 6.25. The van der Waals surface area contributed by atoms with Crippen LogP contribution in [0, 0.1) is 12.8 Å². The van der Waals surface area contributed by atoms with E-state index in [4.69, 9.17) is 4.99 Å². The summed E-state index contributed by atoms with van der Waals surface area (Å²) in [7, 11) is 0. The number of aryl methyl sites for hydroxylation is 2.